The number of nitrogens with zero attached hydrogens (tertiary/aromatic N) is 3. The van der Waals surface area contributed by atoms with Crippen molar-refractivity contribution >= 4 is 11.3 Å². The first kappa shape index (κ1) is 16.7. The number of imidazole rings is 1. The molecule has 0 spiro atoms. The molecule has 4 rings (SSSR count). The Balaban J connectivity index is 1.57. The highest BCUT2D eigenvalue weighted by Crippen LogP contribution is 2.26. The van der Waals surface area contributed by atoms with Crippen LogP contribution in [0.3, 0.4) is 0 Å². The number of thiophene rings is 1. The van der Waals surface area contributed by atoms with Crippen LogP contribution in [0.1, 0.15) is 22.9 Å². The third-order valence-corrected chi connectivity index (χ3v) is 5.03. The van der Waals surface area contributed by atoms with E-state index in [-0.39, 0.29) is 6.10 Å². The second kappa shape index (κ2) is 7.64. The first-order chi connectivity index (χ1) is 12.8. The van der Waals surface area contributed by atoms with E-state index in [4.69, 9.17) is 4.74 Å². The molecule has 3 aromatic heterocycles. The number of pyridine rings is 1. The van der Waals surface area contributed by atoms with Gasteiger partial charge in [0.1, 0.15) is 6.10 Å². The van der Waals surface area contributed by atoms with Crippen LogP contribution in [-0.2, 0) is 11.3 Å². The van der Waals surface area contributed by atoms with Gasteiger partial charge >= 0.3 is 0 Å². The second-order valence-corrected chi connectivity index (χ2v) is 6.82. The molecule has 1 unspecified atom stereocenters. The molecule has 0 saturated carbocycles. The van der Waals surface area contributed by atoms with Gasteiger partial charge in [-0.25, -0.2) is 4.98 Å². The fraction of sp³-hybridized carbons (Fsp3) is 0.143. The standard InChI is InChI=1S/C21H19N3OS/c1-25-21(17-5-3-2-4-6-17)20-12-22-15-24(20)13-16-7-8-19(23-11-16)18-9-10-26-14-18/h2-12,14-15,21H,13H2,1H3. The summed E-state index contributed by atoms with van der Waals surface area (Å²) < 4.78 is 7.87. The summed E-state index contributed by atoms with van der Waals surface area (Å²) in [7, 11) is 1.73. The molecule has 0 aliphatic rings. The van der Waals surface area contributed by atoms with Crippen LogP contribution in [0.15, 0.2) is 78.0 Å². The highest BCUT2D eigenvalue weighted by molar-refractivity contribution is 7.08. The molecule has 26 heavy (non-hydrogen) atoms. The molecular weight excluding hydrogens is 342 g/mol. The van der Waals surface area contributed by atoms with Crippen molar-refractivity contribution in [2.75, 3.05) is 7.11 Å². The molecule has 0 bridgehead atoms. The van der Waals surface area contributed by atoms with Gasteiger partial charge in [-0.15, -0.1) is 0 Å². The van der Waals surface area contributed by atoms with Crippen LogP contribution in [0.4, 0.5) is 0 Å². The molecule has 0 aliphatic carbocycles. The SMILES string of the molecule is COC(c1ccccc1)c1cncn1Cc1ccc(-c2ccsc2)nc1. The summed E-state index contributed by atoms with van der Waals surface area (Å²) in [5.41, 5.74) is 5.43. The van der Waals surface area contributed by atoms with E-state index in [1.807, 2.05) is 36.9 Å². The van der Waals surface area contributed by atoms with Gasteiger partial charge in [0.2, 0.25) is 0 Å². The van der Waals surface area contributed by atoms with Crippen LogP contribution in [-0.4, -0.2) is 21.6 Å². The van der Waals surface area contributed by atoms with Crippen molar-refractivity contribution in [1.82, 2.24) is 14.5 Å². The zero-order valence-electron chi connectivity index (χ0n) is 14.4. The van der Waals surface area contributed by atoms with E-state index in [2.05, 4.69) is 55.6 Å². The Hall–Kier alpha value is -2.76. The summed E-state index contributed by atoms with van der Waals surface area (Å²) >= 11 is 1.68. The molecule has 130 valence electrons. The number of rotatable bonds is 6. The minimum Gasteiger partial charge on any atom is -0.370 e. The molecule has 0 amide bonds. The maximum absolute atomic E-state index is 5.75. The van der Waals surface area contributed by atoms with Gasteiger partial charge < -0.3 is 9.30 Å². The summed E-state index contributed by atoms with van der Waals surface area (Å²) in [6.45, 7) is 0.707. The molecular formula is C21H19N3OS. The number of hydrogen-bond acceptors (Lipinski definition) is 4. The van der Waals surface area contributed by atoms with Gasteiger partial charge in [0.05, 0.1) is 30.5 Å². The van der Waals surface area contributed by atoms with Crippen molar-refractivity contribution in [1.29, 1.82) is 0 Å². The molecule has 0 N–H and O–H groups in total. The Bertz CT molecular complexity index is 947. The maximum atomic E-state index is 5.75. The zero-order chi connectivity index (χ0) is 17.8. The number of benzene rings is 1. The van der Waals surface area contributed by atoms with Crippen molar-refractivity contribution in [3.05, 3.63) is 94.8 Å². The smallest absolute Gasteiger partial charge is 0.124 e. The van der Waals surface area contributed by atoms with Crippen molar-refractivity contribution in [3.8, 4) is 11.3 Å². The van der Waals surface area contributed by atoms with E-state index in [0.717, 1.165) is 28.1 Å². The number of methoxy groups -OCH3 is 1. The van der Waals surface area contributed by atoms with Crippen LogP contribution in [0.25, 0.3) is 11.3 Å². The van der Waals surface area contributed by atoms with Crippen molar-refractivity contribution in [3.63, 3.8) is 0 Å². The van der Waals surface area contributed by atoms with Crippen molar-refractivity contribution in [2.24, 2.45) is 0 Å². The molecule has 0 radical (unpaired) electrons. The predicted octanol–water partition coefficient (Wildman–Crippen LogP) is 4.79. The number of aromatic nitrogens is 3. The molecule has 1 atom stereocenters. The minimum absolute atomic E-state index is 0.142. The molecule has 1 aromatic carbocycles. The molecule has 0 saturated heterocycles. The Morgan fingerprint density at radius 2 is 1.96 bits per heavy atom. The van der Waals surface area contributed by atoms with Crippen LogP contribution in [0.5, 0.6) is 0 Å². The highest BCUT2D eigenvalue weighted by Gasteiger charge is 2.17. The Morgan fingerprint density at radius 1 is 1.08 bits per heavy atom. The molecule has 4 aromatic rings. The van der Waals surface area contributed by atoms with Crippen molar-refractivity contribution < 1.29 is 4.74 Å². The Kier molecular flexibility index (Phi) is 4.91. The summed E-state index contributed by atoms with van der Waals surface area (Å²) in [4.78, 5) is 8.93. The lowest BCUT2D eigenvalue weighted by Crippen LogP contribution is -2.11. The minimum atomic E-state index is -0.142. The lowest BCUT2D eigenvalue weighted by molar-refractivity contribution is 0.130. The summed E-state index contributed by atoms with van der Waals surface area (Å²) in [5, 5.41) is 4.18. The van der Waals surface area contributed by atoms with Crippen molar-refractivity contribution in [2.45, 2.75) is 12.6 Å². The summed E-state index contributed by atoms with van der Waals surface area (Å²) in [6, 6.07) is 16.5. The van der Waals surface area contributed by atoms with Gasteiger partial charge in [-0.1, -0.05) is 36.4 Å². The third kappa shape index (κ3) is 3.45. The lowest BCUT2D eigenvalue weighted by Gasteiger charge is -2.18. The first-order valence-corrected chi connectivity index (χ1v) is 9.34. The Labute approximate surface area is 156 Å². The van der Waals surface area contributed by atoms with E-state index < -0.39 is 0 Å². The highest BCUT2D eigenvalue weighted by atomic mass is 32.1. The van der Waals surface area contributed by atoms with Gasteiger partial charge in [-0.05, 0) is 28.6 Å². The van der Waals surface area contributed by atoms with Crippen LogP contribution in [0, 0.1) is 0 Å². The van der Waals surface area contributed by atoms with E-state index in [1.165, 1.54) is 0 Å². The summed E-state index contributed by atoms with van der Waals surface area (Å²) in [6.07, 6.45) is 5.50. The quantitative estimate of drug-likeness (QED) is 0.496. The van der Waals surface area contributed by atoms with Gasteiger partial charge in [-0.3, -0.25) is 4.98 Å². The number of hydrogen-bond donors (Lipinski definition) is 0. The van der Waals surface area contributed by atoms with E-state index in [9.17, 15) is 0 Å². The average Bonchev–Trinajstić information content (AvgIpc) is 3.37. The second-order valence-electron chi connectivity index (χ2n) is 6.04. The van der Waals surface area contributed by atoms with E-state index in [1.54, 1.807) is 18.4 Å². The first-order valence-electron chi connectivity index (χ1n) is 8.40. The van der Waals surface area contributed by atoms with Crippen LogP contribution < -0.4 is 0 Å². The fourth-order valence-corrected chi connectivity index (χ4v) is 3.68. The molecule has 0 aliphatic heterocycles. The monoisotopic (exact) mass is 361 g/mol. The largest absolute Gasteiger partial charge is 0.370 e. The molecule has 5 heteroatoms. The lowest BCUT2D eigenvalue weighted by atomic mass is 10.1. The molecule has 4 nitrogen and oxygen atoms in total. The third-order valence-electron chi connectivity index (χ3n) is 4.35. The molecule has 3 heterocycles. The zero-order valence-corrected chi connectivity index (χ0v) is 15.3. The summed E-state index contributed by atoms with van der Waals surface area (Å²) in [5.74, 6) is 0. The predicted molar refractivity (Wildman–Crippen MR) is 104 cm³/mol. The average molecular weight is 361 g/mol. The maximum Gasteiger partial charge on any atom is 0.124 e. The number of ether oxygens (including phenoxy) is 1. The van der Waals surface area contributed by atoms with Gasteiger partial charge in [0.15, 0.2) is 0 Å². The van der Waals surface area contributed by atoms with Gasteiger partial charge in [0, 0.05) is 24.3 Å². The normalized spacial score (nSPS) is 12.2. The topological polar surface area (TPSA) is 39.9 Å². The van der Waals surface area contributed by atoms with E-state index in [0.29, 0.717) is 6.54 Å². The fourth-order valence-electron chi connectivity index (χ4n) is 3.03. The van der Waals surface area contributed by atoms with Gasteiger partial charge in [0.25, 0.3) is 0 Å². The van der Waals surface area contributed by atoms with Gasteiger partial charge in [-0.2, -0.15) is 11.3 Å². The van der Waals surface area contributed by atoms with Crippen LogP contribution in [0.2, 0.25) is 0 Å². The van der Waals surface area contributed by atoms with E-state index >= 15 is 0 Å². The molecule has 0 fully saturated rings. The van der Waals surface area contributed by atoms with Crippen LogP contribution >= 0.6 is 11.3 Å². The Morgan fingerprint density at radius 3 is 2.65 bits per heavy atom.